The molecule has 0 atom stereocenters. The van der Waals surface area contributed by atoms with E-state index < -0.39 is 11.9 Å². The minimum absolute atomic E-state index is 0. The van der Waals surface area contributed by atoms with Crippen molar-refractivity contribution in [2.75, 3.05) is 0 Å². The number of nitrogens with two attached hydrogens (primary N) is 2. The molecule has 6 aliphatic rings. The van der Waals surface area contributed by atoms with Gasteiger partial charge in [-0.05, 0) is 114 Å². The molecule has 43 heavy (non-hydrogen) atoms. The van der Waals surface area contributed by atoms with Gasteiger partial charge in [0, 0.05) is 0 Å². The molecule has 0 aromatic carbocycles. The van der Waals surface area contributed by atoms with Crippen molar-refractivity contribution in [2.45, 2.75) is 153 Å². The quantitative estimate of drug-likeness (QED) is 0.364. The van der Waals surface area contributed by atoms with Gasteiger partial charge >= 0.3 is 17.1 Å². The van der Waals surface area contributed by atoms with E-state index in [-0.39, 0.29) is 28.2 Å². The smallest absolute Gasteiger partial charge is 0.884 e. The van der Waals surface area contributed by atoms with Crippen LogP contribution in [0.4, 0.5) is 0 Å². The van der Waals surface area contributed by atoms with E-state index in [4.69, 9.17) is 0 Å². The largest absolute Gasteiger partial charge is 2.00 e. The molecule has 7 heteroatoms. The minimum Gasteiger partial charge on any atom is -0.884 e. The van der Waals surface area contributed by atoms with Crippen molar-refractivity contribution >= 4 is 0 Å². The normalized spacial score (nSPS) is 22.4. The van der Waals surface area contributed by atoms with Gasteiger partial charge in [0.25, 0.3) is 0 Å². The first-order valence-corrected chi connectivity index (χ1v) is 17.1. The molecule has 0 bridgehead atoms. The molecule has 0 unspecified atom stereocenters. The second-order valence-corrected chi connectivity index (χ2v) is 12.9. The van der Waals surface area contributed by atoms with E-state index in [1.807, 2.05) is 0 Å². The summed E-state index contributed by atoms with van der Waals surface area (Å²) >= 11 is 0. The molecule has 6 rings (SSSR count). The van der Waals surface area contributed by atoms with Crippen molar-refractivity contribution < 1.29 is 48.1 Å². The fraction of sp³-hybridized carbons (Fsp3) is 0.667. The third kappa shape index (κ3) is 16.1. The molecule has 0 amide bonds. The van der Waals surface area contributed by atoms with Crippen LogP contribution in [0.25, 0.3) is 0 Å². The topological polar surface area (TPSA) is 125 Å². The number of hydrogen-bond acceptors (Lipinski definition) is 4. The SMILES string of the molecule is C1CCC([NH2+]C2CCCCC2)CC1.C1CCC([NH2+]C2CCCCC2)CC1.[Fe+2].[O-]C([O-])=C1C=CC=C1.[O-]C([O-])=C1C=CC=C1. The monoisotopic (exact) mass is 636 g/mol. The van der Waals surface area contributed by atoms with Gasteiger partial charge in [-0.1, -0.05) is 74.3 Å². The van der Waals surface area contributed by atoms with Crippen LogP contribution in [0.2, 0.25) is 0 Å². The Bertz CT molecular complexity index is 787. The molecule has 242 valence electrons. The number of quaternary nitrogens is 2. The molecule has 0 aromatic heterocycles. The summed E-state index contributed by atoms with van der Waals surface area (Å²) in [7, 11) is 0. The van der Waals surface area contributed by atoms with Crippen molar-refractivity contribution in [1.82, 2.24) is 0 Å². The van der Waals surface area contributed by atoms with Crippen molar-refractivity contribution in [3.63, 3.8) is 0 Å². The molecular weight excluding hydrogens is 580 g/mol. The Kier molecular flexibility index (Phi) is 19.6. The number of hydrogen-bond donors (Lipinski definition) is 2. The Hall–Kier alpha value is -1.92. The van der Waals surface area contributed by atoms with E-state index in [0.717, 1.165) is 24.2 Å². The maximum atomic E-state index is 9.95. The summed E-state index contributed by atoms with van der Waals surface area (Å²) < 4.78 is 0. The first-order valence-electron chi connectivity index (χ1n) is 17.1. The molecule has 0 saturated heterocycles. The van der Waals surface area contributed by atoms with Crippen molar-refractivity contribution in [3.05, 3.63) is 71.6 Å². The van der Waals surface area contributed by atoms with E-state index in [0.29, 0.717) is 0 Å². The maximum absolute atomic E-state index is 9.95. The Labute approximate surface area is 271 Å². The van der Waals surface area contributed by atoms with E-state index in [1.54, 1.807) is 24.3 Å². The summed E-state index contributed by atoms with van der Waals surface area (Å²) in [6.45, 7) is 0. The molecule has 4 fully saturated rings. The van der Waals surface area contributed by atoms with Crippen LogP contribution >= 0.6 is 0 Å². The standard InChI is InChI=1S/2C12H23N.2C6H6O2.Fe/c2*1-3-7-11(8-4-1)13-12-9-5-2-6-10-12;2*7-6(8)5-3-1-2-4-5;/h2*11-13H,1-10H2;2*1-4,7-8H;/q;;;;+2/p-2. The van der Waals surface area contributed by atoms with Gasteiger partial charge in [0.15, 0.2) is 0 Å². The second-order valence-electron chi connectivity index (χ2n) is 12.9. The summed E-state index contributed by atoms with van der Waals surface area (Å²) in [6.07, 6.45) is 42.5. The summed E-state index contributed by atoms with van der Waals surface area (Å²) in [5, 5.41) is 45.2. The molecule has 6 nitrogen and oxygen atoms in total. The van der Waals surface area contributed by atoms with Crippen LogP contribution in [0.1, 0.15) is 128 Å². The van der Waals surface area contributed by atoms with Gasteiger partial charge in [-0.15, -0.1) is 0 Å². The van der Waals surface area contributed by atoms with E-state index in [1.165, 1.54) is 153 Å². The fourth-order valence-electron chi connectivity index (χ4n) is 7.10. The fourth-order valence-corrected chi connectivity index (χ4v) is 7.10. The van der Waals surface area contributed by atoms with Gasteiger partial charge in [-0.3, -0.25) is 0 Å². The molecule has 0 heterocycles. The van der Waals surface area contributed by atoms with Gasteiger partial charge in [-0.2, -0.15) is 11.9 Å². The first-order chi connectivity index (χ1) is 20.5. The van der Waals surface area contributed by atoms with Crippen LogP contribution in [0, 0.1) is 0 Å². The molecule has 6 aliphatic carbocycles. The maximum Gasteiger partial charge on any atom is 2.00 e. The second kappa shape index (κ2) is 22.6. The van der Waals surface area contributed by atoms with Crippen LogP contribution in [0.3, 0.4) is 0 Å². The van der Waals surface area contributed by atoms with Crippen molar-refractivity contribution in [1.29, 1.82) is 0 Å². The molecule has 0 radical (unpaired) electrons. The third-order valence-corrected chi connectivity index (χ3v) is 9.48. The van der Waals surface area contributed by atoms with Gasteiger partial charge < -0.3 is 31.1 Å². The zero-order chi connectivity index (χ0) is 29.8. The van der Waals surface area contributed by atoms with Gasteiger partial charge in [0.05, 0.1) is 24.2 Å². The van der Waals surface area contributed by atoms with Crippen LogP contribution in [0.5, 0.6) is 0 Å². The molecule has 4 N–H and O–H groups in total. The molecule has 0 aliphatic heterocycles. The number of allylic oxidation sites excluding steroid dienone is 10. The predicted molar refractivity (Wildman–Crippen MR) is 162 cm³/mol. The van der Waals surface area contributed by atoms with E-state index in [9.17, 15) is 20.4 Å². The number of rotatable bonds is 4. The Morgan fingerprint density at radius 3 is 0.767 bits per heavy atom. The zero-order valence-electron chi connectivity index (χ0n) is 26.2. The Balaban J connectivity index is 0.000000204. The van der Waals surface area contributed by atoms with Crippen LogP contribution in [-0.2, 0) is 17.1 Å². The molecule has 4 saturated carbocycles. The van der Waals surface area contributed by atoms with E-state index in [2.05, 4.69) is 10.6 Å². The van der Waals surface area contributed by atoms with E-state index >= 15 is 0 Å². The van der Waals surface area contributed by atoms with Crippen molar-refractivity contribution in [3.8, 4) is 0 Å². The average molecular weight is 637 g/mol. The van der Waals surface area contributed by atoms with Crippen LogP contribution < -0.4 is 31.1 Å². The summed E-state index contributed by atoms with van der Waals surface area (Å²) in [6, 6.07) is 3.99. The average Bonchev–Trinajstić information content (AvgIpc) is 3.76. The Morgan fingerprint density at radius 1 is 0.395 bits per heavy atom. The molecule has 0 aromatic rings. The first kappa shape index (κ1) is 37.3. The molecule has 0 spiro atoms. The minimum atomic E-state index is -1.12. The molecular formula is C36H56FeN2O4. The van der Waals surface area contributed by atoms with Crippen LogP contribution in [0.15, 0.2) is 71.6 Å². The predicted octanol–water partition coefficient (Wildman–Crippen LogP) is 2.52. The van der Waals surface area contributed by atoms with Gasteiger partial charge in [0.2, 0.25) is 0 Å². The summed E-state index contributed by atoms with van der Waals surface area (Å²) in [5.41, 5.74) is 0.481. The zero-order valence-corrected chi connectivity index (χ0v) is 27.3. The summed E-state index contributed by atoms with van der Waals surface area (Å²) in [5.74, 6) is -2.23. The van der Waals surface area contributed by atoms with Crippen LogP contribution in [-0.4, -0.2) is 24.2 Å². The summed E-state index contributed by atoms with van der Waals surface area (Å²) in [4.78, 5) is 0. The van der Waals surface area contributed by atoms with Gasteiger partial charge in [-0.25, -0.2) is 0 Å². The Morgan fingerprint density at radius 2 is 0.605 bits per heavy atom. The van der Waals surface area contributed by atoms with Crippen molar-refractivity contribution in [2.24, 2.45) is 0 Å². The van der Waals surface area contributed by atoms with Gasteiger partial charge in [0.1, 0.15) is 0 Å². The third-order valence-electron chi connectivity index (χ3n) is 9.48.